The van der Waals surface area contributed by atoms with Crippen molar-refractivity contribution < 1.29 is 27.8 Å². The van der Waals surface area contributed by atoms with Crippen molar-refractivity contribution in [2.24, 2.45) is 0 Å². The van der Waals surface area contributed by atoms with Crippen LogP contribution in [0, 0.1) is 0 Å². The number of ether oxygens (including phenoxy) is 2. The molecule has 0 aromatic rings. The molecule has 1 saturated heterocycles. The van der Waals surface area contributed by atoms with Gasteiger partial charge in [0.1, 0.15) is 0 Å². The molecular formula is C10H19NO6S. The molecule has 2 N–H and O–H groups in total. The molecule has 1 fully saturated rings. The van der Waals surface area contributed by atoms with E-state index in [1.807, 2.05) is 0 Å². The van der Waals surface area contributed by atoms with Crippen molar-refractivity contribution in [2.75, 3.05) is 32.1 Å². The molecule has 18 heavy (non-hydrogen) atoms. The first kappa shape index (κ1) is 15.4. The average Bonchev–Trinajstić information content (AvgIpc) is 2.27. The highest BCUT2D eigenvalue weighted by Gasteiger charge is 2.31. The molecule has 0 radical (unpaired) electrons. The maximum atomic E-state index is 11.5. The molecule has 106 valence electrons. The highest BCUT2D eigenvalue weighted by atomic mass is 32.2. The van der Waals surface area contributed by atoms with Gasteiger partial charge >= 0.3 is 5.97 Å². The van der Waals surface area contributed by atoms with Crippen molar-refractivity contribution in [1.29, 1.82) is 0 Å². The van der Waals surface area contributed by atoms with E-state index in [4.69, 9.17) is 4.74 Å². The van der Waals surface area contributed by atoms with Gasteiger partial charge in [0.2, 0.25) is 10.0 Å². The zero-order valence-electron chi connectivity index (χ0n) is 10.3. The first-order chi connectivity index (χ1) is 8.37. The predicted molar refractivity (Wildman–Crippen MR) is 63.4 cm³/mol. The molecule has 0 atom stereocenters. The minimum absolute atomic E-state index is 0.113. The normalized spacial score (nSPS) is 19.4. The van der Waals surface area contributed by atoms with Crippen LogP contribution >= 0.6 is 0 Å². The fourth-order valence-corrected chi connectivity index (χ4v) is 2.57. The number of carbonyl (C=O) groups is 1. The summed E-state index contributed by atoms with van der Waals surface area (Å²) in [6.07, 6.45) is 0.740. The zero-order chi connectivity index (χ0) is 13.6. The van der Waals surface area contributed by atoms with E-state index in [9.17, 15) is 18.3 Å². The second-order valence-corrected chi connectivity index (χ2v) is 6.03. The molecule has 0 amide bonds. The van der Waals surface area contributed by atoms with Gasteiger partial charge in [0.15, 0.2) is 5.75 Å². The van der Waals surface area contributed by atoms with E-state index in [-0.39, 0.29) is 13.2 Å². The van der Waals surface area contributed by atoms with Crippen molar-refractivity contribution in [1.82, 2.24) is 4.72 Å². The molecule has 1 rings (SSSR count). The smallest absolute Gasteiger partial charge is 0.322 e. The van der Waals surface area contributed by atoms with Crippen LogP contribution in [-0.2, 0) is 24.3 Å². The Morgan fingerprint density at radius 3 is 2.61 bits per heavy atom. The van der Waals surface area contributed by atoms with Gasteiger partial charge in [-0.1, -0.05) is 0 Å². The van der Waals surface area contributed by atoms with E-state index in [2.05, 4.69) is 9.46 Å². The van der Waals surface area contributed by atoms with Gasteiger partial charge in [-0.3, -0.25) is 4.79 Å². The molecule has 1 aliphatic heterocycles. The number of hydrogen-bond donors (Lipinski definition) is 2. The minimum atomic E-state index is -3.77. The van der Waals surface area contributed by atoms with E-state index >= 15 is 0 Å². The Bertz CT molecular complexity index is 374. The Morgan fingerprint density at radius 2 is 2.06 bits per heavy atom. The second-order valence-electron chi connectivity index (χ2n) is 4.22. The Labute approximate surface area is 107 Å². The van der Waals surface area contributed by atoms with E-state index < -0.39 is 27.3 Å². The summed E-state index contributed by atoms with van der Waals surface area (Å²) in [5.74, 6) is -1.53. The van der Waals surface area contributed by atoms with Crippen LogP contribution in [0.25, 0.3) is 0 Å². The molecule has 7 nitrogen and oxygen atoms in total. The summed E-state index contributed by atoms with van der Waals surface area (Å²) in [4.78, 5) is 11.1. The quantitative estimate of drug-likeness (QED) is 0.606. The lowest BCUT2D eigenvalue weighted by Gasteiger charge is -2.31. The number of hydrogen-bond acceptors (Lipinski definition) is 6. The van der Waals surface area contributed by atoms with E-state index in [0.29, 0.717) is 26.1 Å². The Balaban J connectivity index is 2.43. The fraction of sp³-hybridized carbons (Fsp3) is 0.900. The Hall–Kier alpha value is -0.700. The van der Waals surface area contributed by atoms with Crippen LogP contribution in [0.2, 0.25) is 0 Å². The Kier molecular flexibility index (Phi) is 5.51. The van der Waals surface area contributed by atoms with Crippen molar-refractivity contribution >= 4 is 16.0 Å². The molecule has 1 heterocycles. The van der Waals surface area contributed by atoms with E-state index in [0.717, 1.165) is 0 Å². The third-order valence-corrected chi connectivity index (χ3v) is 3.86. The standard InChI is InChI=1S/C10H19NO6S/c1-2-17-9(12)7-18(14,15)11-8-10(13)3-5-16-6-4-10/h11,13H,2-8H2,1H3. The van der Waals surface area contributed by atoms with Crippen LogP contribution in [0.15, 0.2) is 0 Å². The Morgan fingerprint density at radius 1 is 1.44 bits per heavy atom. The molecule has 1 aliphatic rings. The first-order valence-corrected chi connectivity index (χ1v) is 7.45. The zero-order valence-corrected chi connectivity index (χ0v) is 11.2. The van der Waals surface area contributed by atoms with Crippen molar-refractivity contribution in [3.05, 3.63) is 0 Å². The molecule has 0 aromatic heterocycles. The van der Waals surface area contributed by atoms with Crippen molar-refractivity contribution in [2.45, 2.75) is 25.4 Å². The van der Waals surface area contributed by atoms with Gasteiger partial charge in [0, 0.05) is 32.6 Å². The molecule has 8 heteroatoms. The number of aliphatic hydroxyl groups is 1. The summed E-state index contributed by atoms with van der Waals surface area (Å²) in [5.41, 5.74) is -1.10. The third-order valence-electron chi connectivity index (χ3n) is 2.66. The highest BCUT2D eigenvalue weighted by molar-refractivity contribution is 7.90. The van der Waals surface area contributed by atoms with E-state index in [1.165, 1.54) is 0 Å². The van der Waals surface area contributed by atoms with Gasteiger partial charge in [-0.25, -0.2) is 13.1 Å². The first-order valence-electron chi connectivity index (χ1n) is 5.80. The van der Waals surface area contributed by atoms with Crippen LogP contribution in [-0.4, -0.2) is 57.2 Å². The summed E-state index contributed by atoms with van der Waals surface area (Å²) in [5, 5.41) is 10.0. The SMILES string of the molecule is CCOC(=O)CS(=O)(=O)NCC1(O)CCOCC1. The van der Waals surface area contributed by atoms with Gasteiger partial charge in [-0.05, 0) is 6.92 Å². The van der Waals surface area contributed by atoms with Crippen LogP contribution in [0.1, 0.15) is 19.8 Å². The maximum Gasteiger partial charge on any atom is 0.322 e. The van der Waals surface area contributed by atoms with Gasteiger partial charge in [0.05, 0.1) is 12.2 Å². The second kappa shape index (κ2) is 6.46. The number of nitrogens with one attached hydrogen (secondary N) is 1. The topological polar surface area (TPSA) is 102 Å². The monoisotopic (exact) mass is 281 g/mol. The van der Waals surface area contributed by atoms with Gasteiger partial charge in [-0.15, -0.1) is 0 Å². The number of carbonyl (C=O) groups excluding carboxylic acids is 1. The predicted octanol–water partition coefficient (Wildman–Crippen LogP) is -0.990. The molecule has 0 bridgehead atoms. The highest BCUT2D eigenvalue weighted by Crippen LogP contribution is 2.19. The molecule has 0 unspecified atom stereocenters. The third kappa shape index (κ3) is 5.30. The molecule has 0 spiro atoms. The van der Waals surface area contributed by atoms with Crippen LogP contribution in [0.4, 0.5) is 0 Å². The summed E-state index contributed by atoms with van der Waals surface area (Å²) in [6, 6.07) is 0. The lowest BCUT2D eigenvalue weighted by molar-refractivity contribution is -0.140. The molecule has 0 aliphatic carbocycles. The number of rotatable bonds is 6. The van der Waals surface area contributed by atoms with Gasteiger partial charge in [0.25, 0.3) is 0 Å². The summed E-state index contributed by atoms with van der Waals surface area (Å²) in [6.45, 7) is 2.42. The van der Waals surface area contributed by atoms with Crippen LogP contribution < -0.4 is 4.72 Å². The lowest BCUT2D eigenvalue weighted by Crippen LogP contribution is -2.47. The summed E-state index contributed by atoms with van der Waals surface area (Å²) >= 11 is 0. The number of sulfonamides is 1. The minimum Gasteiger partial charge on any atom is -0.465 e. The van der Waals surface area contributed by atoms with Gasteiger partial charge in [-0.2, -0.15) is 0 Å². The molecule has 0 saturated carbocycles. The van der Waals surface area contributed by atoms with E-state index in [1.54, 1.807) is 6.92 Å². The number of esters is 1. The molecule has 0 aromatic carbocycles. The largest absolute Gasteiger partial charge is 0.465 e. The molecular weight excluding hydrogens is 262 g/mol. The average molecular weight is 281 g/mol. The van der Waals surface area contributed by atoms with Gasteiger partial charge < -0.3 is 14.6 Å². The van der Waals surface area contributed by atoms with Crippen LogP contribution in [0.3, 0.4) is 0 Å². The maximum absolute atomic E-state index is 11.5. The van der Waals surface area contributed by atoms with Crippen LogP contribution in [0.5, 0.6) is 0 Å². The van der Waals surface area contributed by atoms with Crippen molar-refractivity contribution in [3.8, 4) is 0 Å². The fourth-order valence-electron chi connectivity index (χ4n) is 1.58. The summed E-state index contributed by atoms with van der Waals surface area (Å²) in [7, 11) is -3.77. The summed E-state index contributed by atoms with van der Waals surface area (Å²) < 4.78 is 35.0. The lowest BCUT2D eigenvalue weighted by atomic mass is 9.95. The van der Waals surface area contributed by atoms with Crippen molar-refractivity contribution in [3.63, 3.8) is 0 Å².